The number of benzene rings is 2. The summed E-state index contributed by atoms with van der Waals surface area (Å²) in [5.41, 5.74) is 0.725. The number of nitro benzene ring substituents is 1. The van der Waals surface area contributed by atoms with E-state index in [4.69, 9.17) is 0 Å². The summed E-state index contributed by atoms with van der Waals surface area (Å²) in [6.07, 6.45) is 1.11. The lowest BCUT2D eigenvalue weighted by molar-refractivity contribution is -0.384. The van der Waals surface area contributed by atoms with Crippen LogP contribution in [0.3, 0.4) is 0 Å². The van der Waals surface area contributed by atoms with E-state index in [1.54, 1.807) is 31.2 Å². The molecule has 0 fully saturated rings. The van der Waals surface area contributed by atoms with Gasteiger partial charge in [0.25, 0.3) is 11.6 Å². The first-order valence-electron chi connectivity index (χ1n) is 6.92. The SMILES string of the molecule is Cc1cccc(C(=O)N/C(=C/c2cccc([N+](=O)[O-])c2)C(=O)[O-])c1. The lowest BCUT2D eigenvalue weighted by atomic mass is 10.1. The summed E-state index contributed by atoms with van der Waals surface area (Å²) >= 11 is 0. The molecule has 0 aliphatic heterocycles. The van der Waals surface area contributed by atoms with Gasteiger partial charge in [0, 0.05) is 17.7 Å². The monoisotopic (exact) mass is 325 g/mol. The van der Waals surface area contributed by atoms with Crippen LogP contribution in [-0.4, -0.2) is 16.8 Å². The van der Waals surface area contributed by atoms with E-state index in [2.05, 4.69) is 5.32 Å². The van der Waals surface area contributed by atoms with Crippen LogP contribution in [-0.2, 0) is 4.79 Å². The molecule has 122 valence electrons. The van der Waals surface area contributed by atoms with E-state index < -0.39 is 22.5 Å². The number of carboxylic acids is 1. The van der Waals surface area contributed by atoms with Crippen LogP contribution in [0.25, 0.3) is 6.08 Å². The van der Waals surface area contributed by atoms with Gasteiger partial charge in [-0.3, -0.25) is 14.9 Å². The standard InChI is InChI=1S/C17H14N2O5/c1-11-4-2-6-13(8-11)16(20)18-15(17(21)22)10-12-5-3-7-14(9-12)19(23)24/h2-10H,1H3,(H,18,20)(H,21,22)/p-1/b15-10+. The predicted molar refractivity (Wildman–Crippen MR) is 84.7 cm³/mol. The van der Waals surface area contributed by atoms with Gasteiger partial charge in [-0.1, -0.05) is 29.8 Å². The van der Waals surface area contributed by atoms with Crippen LogP contribution in [0.5, 0.6) is 0 Å². The maximum Gasteiger partial charge on any atom is 0.270 e. The Morgan fingerprint density at radius 3 is 2.46 bits per heavy atom. The number of hydrogen-bond acceptors (Lipinski definition) is 5. The first kappa shape index (κ1) is 16.9. The van der Waals surface area contributed by atoms with E-state index in [1.807, 2.05) is 0 Å². The number of nitro groups is 1. The van der Waals surface area contributed by atoms with Gasteiger partial charge in [-0.25, -0.2) is 0 Å². The van der Waals surface area contributed by atoms with Crippen LogP contribution >= 0.6 is 0 Å². The van der Waals surface area contributed by atoms with Crippen molar-refractivity contribution in [2.75, 3.05) is 0 Å². The second kappa shape index (κ2) is 7.19. The average Bonchev–Trinajstić information content (AvgIpc) is 2.54. The Balaban J connectivity index is 2.29. The zero-order valence-corrected chi connectivity index (χ0v) is 12.7. The molecular formula is C17H13N2O5-. The summed E-state index contributed by atoms with van der Waals surface area (Å²) in [6, 6.07) is 12.0. The van der Waals surface area contributed by atoms with Crippen molar-refractivity contribution < 1.29 is 19.6 Å². The van der Waals surface area contributed by atoms with Crippen LogP contribution in [0.2, 0.25) is 0 Å². The Kier molecular flexibility index (Phi) is 5.06. The quantitative estimate of drug-likeness (QED) is 0.507. The highest BCUT2D eigenvalue weighted by molar-refractivity contribution is 6.02. The van der Waals surface area contributed by atoms with Crippen molar-refractivity contribution in [3.63, 3.8) is 0 Å². The molecule has 0 radical (unpaired) electrons. The van der Waals surface area contributed by atoms with Gasteiger partial charge in [-0.05, 0) is 30.7 Å². The number of rotatable bonds is 5. The molecule has 0 saturated carbocycles. The molecule has 7 nitrogen and oxygen atoms in total. The van der Waals surface area contributed by atoms with Crippen molar-refractivity contribution in [1.29, 1.82) is 0 Å². The third kappa shape index (κ3) is 4.26. The van der Waals surface area contributed by atoms with E-state index in [-0.39, 0.29) is 11.3 Å². The van der Waals surface area contributed by atoms with E-state index >= 15 is 0 Å². The van der Waals surface area contributed by atoms with Crippen molar-refractivity contribution in [2.24, 2.45) is 0 Å². The second-order valence-corrected chi connectivity index (χ2v) is 5.02. The summed E-state index contributed by atoms with van der Waals surface area (Å²) in [5.74, 6) is -2.21. The predicted octanol–water partition coefficient (Wildman–Crippen LogP) is 1.42. The highest BCUT2D eigenvalue weighted by Gasteiger charge is 2.10. The van der Waals surface area contributed by atoms with Crippen LogP contribution in [0.4, 0.5) is 5.69 Å². The fourth-order valence-corrected chi connectivity index (χ4v) is 2.02. The smallest absolute Gasteiger partial charge is 0.270 e. The minimum absolute atomic E-state index is 0.188. The molecule has 1 N–H and O–H groups in total. The Hall–Kier alpha value is -3.48. The molecule has 0 heterocycles. The Morgan fingerprint density at radius 1 is 1.12 bits per heavy atom. The lowest BCUT2D eigenvalue weighted by Crippen LogP contribution is -2.35. The lowest BCUT2D eigenvalue weighted by Gasteiger charge is -2.11. The molecule has 0 saturated heterocycles. The van der Waals surface area contributed by atoms with Gasteiger partial charge in [-0.2, -0.15) is 0 Å². The zero-order chi connectivity index (χ0) is 17.7. The maximum absolute atomic E-state index is 12.1. The van der Waals surface area contributed by atoms with Gasteiger partial charge >= 0.3 is 0 Å². The van der Waals surface area contributed by atoms with Gasteiger partial charge in [0.1, 0.15) is 0 Å². The number of carboxylic acid groups (broad SMARTS) is 1. The van der Waals surface area contributed by atoms with Crippen molar-refractivity contribution in [1.82, 2.24) is 5.32 Å². The van der Waals surface area contributed by atoms with Gasteiger partial charge in [0.2, 0.25) is 0 Å². The molecule has 2 rings (SSSR count). The van der Waals surface area contributed by atoms with E-state index in [0.29, 0.717) is 5.56 Å². The number of carbonyl (C=O) groups is 2. The Morgan fingerprint density at radius 2 is 1.83 bits per heavy atom. The third-order valence-electron chi connectivity index (χ3n) is 3.14. The molecule has 0 aromatic heterocycles. The molecule has 0 aliphatic rings. The van der Waals surface area contributed by atoms with Crippen molar-refractivity contribution in [3.05, 3.63) is 81.0 Å². The van der Waals surface area contributed by atoms with Gasteiger partial charge in [0.15, 0.2) is 0 Å². The fourth-order valence-electron chi connectivity index (χ4n) is 2.02. The first-order valence-corrected chi connectivity index (χ1v) is 6.92. The van der Waals surface area contributed by atoms with Crippen LogP contribution in [0.1, 0.15) is 21.5 Å². The number of hydrogen-bond donors (Lipinski definition) is 1. The number of aliphatic carboxylic acids is 1. The van der Waals surface area contributed by atoms with Gasteiger partial charge in [-0.15, -0.1) is 0 Å². The van der Waals surface area contributed by atoms with Crippen molar-refractivity contribution in [3.8, 4) is 0 Å². The first-order chi connectivity index (χ1) is 11.4. The Labute approximate surface area is 137 Å². The number of amides is 1. The summed E-state index contributed by atoms with van der Waals surface area (Å²) in [5, 5.41) is 24.2. The third-order valence-corrected chi connectivity index (χ3v) is 3.14. The number of aryl methyl sites for hydroxylation is 1. The molecule has 1 amide bonds. The molecule has 2 aromatic rings. The fraction of sp³-hybridized carbons (Fsp3) is 0.0588. The minimum Gasteiger partial charge on any atom is -0.543 e. The summed E-state index contributed by atoms with van der Waals surface area (Å²) < 4.78 is 0. The number of carbonyl (C=O) groups excluding carboxylic acids is 2. The zero-order valence-electron chi connectivity index (χ0n) is 12.7. The molecule has 0 spiro atoms. The van der Waals surface area contributed by atoms with Crippen LogP contribution in [0.15, 0.2) is 54.2 Å². The molecular weight excluding hydrogens is 312 g/mol. The topological polar surface area (TPSA) is 112 Å². The average molecular weight is 325 g/mol. The van der Waals surface area contributed by atoms with E-state index in [9.17, 15) is 24.8 Å². The number of non-ortho nitro benzene ring substituents is 1. The Bertz CT molecular complexity index is 842. The summed E-state index contributed by atoms with van der Waals surface area (Å²) in [7, 11) is 0. The summed E-state index contributed by atoms with van der Waals surface area (Å²) in [4.78, 5) is 33.5. The summed E-state index contributed by atoms with van der Waals surface area (Å²) in [6.45, 7) is 1.80. The van der Waals surface area contributed by atoms with Crippen LogP contribution in [0, 0.1) is 17.0 Å². The van der Waals surface area contributed by atoms with Gasteiger partial charge < -0.3 is 15.2 Å². The molecule has 0 unspecified atom stereocenters. The van der Waals surface area contributed by atoms with Crippen molar-refractivity contribution >= 4 is 23.6 Å². The van der Waals surface area contributed by atoms with E-state index in [0.717, 1.165) is 11.6 Å². The highest BCUT2D eigenvalue weighted by Crippen LogP contribution is 2.15. The normalized spacial score (nSPS) is 11.0. The minimum atomic E-state index is -1.59. The number of nitrogens with one attached hydrogen (secondary N) is 1. The van der Waals surface area contributed by atoms with Crippen molar-refractivity contribution in [2.45, 2.75) is 6.92 Å². The molecule has 0 aliphatic carbocycles. The molecule has 7 heteroatoms. The highest BCUT2D eigenvalue weighted by atomic mass is 16.6. The van der Waals surface area contributed by atoms with Gasteiger partial charge in [0.05, 0.1) is 16.6 Å². The molecule has 24 heavy (non-hydrogen) atoms. The second-order valence-electron chi connectivity index (χ2n) is 5.02. The molecule has 0 atom stereocenters. The van der Waals surface area contributed by atoms with Crippen LogP contribution < -0.4 is 10.4 Å². The number of nitrogens with zero attached hydrogens (tertiary/aromatic N) is 1. The maximum atomic E-state index is 12.1. The largest absolute Gasteiger partial charge is 0.543 e. The molecule has 2 aromatic carbocycles. The van der Waals surface area contributed by atoms with E-state index in [1.165, 1.54) is 24.3 Å². The molecule has 0 bridgehead atoms.